The van der Waals surface area contributed by atoms with Crippen molar-refractivity contribution in [2.24, 2.45) is 9.98 Å². The molecule has 0 radical (unpaired) electrons. The molecule has 4 heterocycles. The van der Waals surface area contributed by atoms with Gasteiger partial charge in [-0.1, -0.05) is 121 Å². The maximum atomic E-state index is 5.33. The Balaban J connectivity index is 1.23. The van der Waals surface area contributed by atoms with Crippen LogP contribution in [0.1, 0.15) is 17.3 Å². The summed E-state index contributed by atoms with van der Waals surface area (Å²) >= 11 is 0. The van der Waals surface area contributed by atoms with Gasteiger partial charge >= 0.3 is 0 Å². The molecular formula is C45H32N6. The van der Waals surface area contributed by atoms with Crippen LogP contribution < -0.4 is 0 Å². The van der Waals surface area contributed by atoms with Crippen LogP contribution in [0.15, 0.2) is 180 Å². The van der Waals surface area contributed by atoms with Gasteiger partial charge in [0.25, 0.3) is 0 Å². The van der Waals surface area contributed by atoms with E-state index in [2.05, 4.69) is 155 Å². The van der Waals surface area contributed by atoms with Crippen LogP contribution in [0.25, 0.3) is 60.6 Å². The molecule has 6 heteroatoms. The van der Waals surface area contributed by atoms with Gasteiger partial charge in [-0.2, -0.15) is 4.99 Å². The lowest BCUT2D eigenvalue weighted by atomic mass is 9.98. The summed E-state index contributed by atoms with van der Waals surface area (Å²) in [5.41, 5.74) is 9.72. The predicted molar refractivity (Wildman–Crippen MR) is 210 cm³/mol. The normalized spacial score (nSPS) is 14.8. The molecule has 0 N–H and O–H groups in total. The van der Waals surface area contributed by atoms with Crippen molar-refractivity contribution in [2.45, 2.75) is 6.17 Å². The van der Waals surface area contributed by atoms with E-state index < -0.39 is 0 Å². The maximum absolute atomic E-state index is 5.33. The van der Waals surface area contributed by atoms with Gasteiger partial charge in [0.2, 0.25) is 5.96 Å². The molecule has 1 atom stereocenters. The van der Waals surface area contributed by atoms with Crippen LogP contribution in [0.2, 0.25) is 0 Å². The SMILES string of the molecule is CN1C(n2c3ccccc3c3ccc(-c4cccc5c4c4cccnc4n5-c4ccccc4)cc32)=NC(c2ccccc2)=NC1c1ccccc1. The topological polar surface area (TPSA) is 50.7 Å². The number of hydrogen-bond donors (Lipinski definition) is 0. The number of fused-ring (bicyclic) bond motifs is 6. The highest BCUT2D eigenvalue weighted by molar-refractivity contribution is 6.19. The summed E-state index contributed by atoms with van der Waals surface area (Å²) in [5.74, 6) is 1.54. The number of rotatable bonds is 4. The van der Waals surface area contributed by atoms with Gasteiger partial charge in [0.05, 0.1) is 16.6 Å². The summed E-state index contributed by atoms with van der Waals surface area (Å²) in [6, 6.07) is 57.5. The average Bonchev–Trinajstić information content (AvgIpc) is 3.72. The predicted octanol–water partition coefficient (Wildman–Crippen LogP) is 10.2. The minimum atomic E-state index is -0.251. The van der Waals surface area contributed by atoms with Crippen molar-refractivity contribution >= 4 is 55.5 Å². The molecule has 0 fully saturated rings. The second-order valence-electron chi connectivity index (χ2n) is 13.0. The molecule has 0 bridgehead atoms. The lowest BCUT2D eigenvalue weighted by molar-refractivity contribution is 0.372. The molecule has 0 spiro atoms. The van der Waals surface area contributed by atoms with Gasteiger partial charge in [0, 0.05) is 46.0 Å². The van der Waals surface area contributed by atoms with E-state index in [1.807, 2.05) is 36.5 Å². The molecule has 10 rings (SSSR count). The summed E-state index contributed by atoms with van der Waals surface area (Å²) in [4.78, 5) is 17.6. The lowest BCUT2D eigenvalue weighted by Crippen LogP contribution is -2.39. The van der Waals surface area contributed by atoms with E-state index in [0.29, 0.717) is 5.84 Å². The van der Waals surface area contributed by atoms with Crippen LogP contribution in [0.3, 0.4) is 0 Å². The fourth-order valence-electron chi connectivity index (χ4n) is 7.70. The largest absolute Gasteiger partial charge is 0.319 e. The highest BCUT2D eigenvalue weighted by Crippen LogP contribution is 2.40. The lowest BCUT2D eigenvalue weighted by Gasteiger charge is -2.33. The van der Waals surface area contributed by atoms with E-state index in [4.69, 9.17) is 15.0 Å². The summed E-state index contributed by atoms with van der Waals surface area (Å²) in [7, 11) is 2.10. The fourth-order valence-corrected chi connectivity index (χ4v) is 7.70. The molecular weight excluding hydrogens is 625 g/mol. The smallest absolute Gasteiger partial charge is 0.214 e. The van der Waals surface area contributed by atoms with Gasteiger partial charge in [0.1, 0.15) is 5.65 Å². The zero-order valence-electron chi connectivity index (χ0n) is 27.9. The van der Waals surface area contributed by atoms with Gasteiger partial charge < -0.3 is 4.90 Å². The average molecular weight is 657 g/mol. The van der Waals surface area contributed by atoms with E-state index in [-0.39, 0.29) is 6.17 Å². The van der Waals surface area contributed by atoms with E-state index in [9.17, 15) is 0 Å². The van der Waals surface area contributed by atoms with Crippen molar-refractivity contribution in [3.05, 3.63) is 181 Å². The summed E-state index contributed by atoms with van der Waals surface area (Å²) in [6.07, 6.45) is 1.63. The van der Waals surface area contributed by atoms with Crippen molar-refractivity contribution in [3.63, 3.8) is 0 Å². The van der Waals surface area contributed by atoms with Crippen LogP contribution in [-0.2, 0) is 0 Å². The molecule has 6 aromatic carbocycles. The number of para-hydroxylation sites is 2. The highest BCUT2D eigenvalue weighted by Gasteiger charge is 2.29. The van der Waals surface area contributed by atoms with Crippen molar-refractivity contribution in [3.8, 4) is 16.8 Å². The monoisotopic (exact) mass is 656 g/mol. The van der Waals surface area contributed by atoms with Gasteiger partial charge in [-0.15, -0.1) is 0 Å². The molecule has 9 aromatic rings. The van der Waals surface area contributed by atoms with Crippen molar-refractivity contribution < 1.29 is 0 Å². The van der Waals surface area contributed by atoms with Gasteiger partial charge in [-0.25, -0.2) is 9.98 Å². The quantitative estimate of drug-likeness (QED) is 0.189. The molecule has 242 valence electrons. The highest BCUT2D eigenvalue weighted by atomic mass is 15.4. The molecule has 1 aliphatic heterocycles. The van der Waals surface area contributed by atoms with Crippen LogP contribution in [-0.4, -0.2) is 37.9 Å². The molecule has 0 aliphatic carbocycles. The molecule has 3 aromatic heterocycles. The Morgan fingerprint density at radius 3 is 2.04 bits per heavy atom. The van der Waals surface area contributed by atoms with Crippen LogP contribution >= 0.6 is 0 Å². The third kappa shape index (κ3) is 4.61. The molecule has 0 saturated carbocycles. The fraction of sp³-hybridized carbons (Fsp3) is 0.0444. The number of pyridine rings is 1. The number of hydrogen-bond acceptors (Lipinski definition) is 4. The molecule has 1 aliphatic rings. The van der Waals surface area contributed by atoms with E-state index in [0.717, 1.165) is 61.5 Å². The standard InChI is InChI=1S/C45H32N6/c1-49-43(31-17-7-3-8-18-31)47-42(30-15-5-2-6-16-30)48-45(49)51-38-24-12-11-21-35(38)36-27-26-32(29-40(36)51)34-22-13-25-39-41(34)37-23-14-28-46-44(37)50(39)33-19-9-4-10-20-33/h2-29,43H,1H3. The van der Waals surface area contributed by atoms with Crippen molar-refractivity contribution in [1.29, 1.82) is 0 Å². The molecule has 1 unspecified atom stereocenters. The minimum Gasteiger partial charge on any atom is -0.319 e. The van der Waals surface area contributed by atoms with Crippen molar-refractivity contribution in [1.82, 2.24) is 19.0 Å². The third-order valence-electron chi connectivity index (χ3n) is 10.0. The van der Waals surface area contributed by atoms with Gasteiger partial charge in [-0.05, 0) is 59.2 Å². The summed E-state index contributed by atoms with van der Waals surface area (Å²) in [6.45, 7) is 0. The van der Waals surface area contributed by atoms with Crippen LogP contribution in [0, 0.1) is 0 Å². The van der Waals surface area contributed by atoms with Crippen LogP contribution in [0.4, 0.5) is 0 Å². The first-order valence-corrected chi connectivity index (χ1v) is 17.2. The Labute approximate surface area is 294 Å². The number of benzene rings is 6. The first-order chi connectivity index (χ1) is 25.2. The molecule has 6 nitrogen and oxygen atoms in total. The Hall–Kier alpha value is -6.79. The number of aromatic nitrogens is 3. The third-order valence-corrected chi connectivity index (χ3v) is 10.0. The summed E-state index contributed by atoms with van der Waals surface area (Å²) < 4.78 is 4.58. The van der Waals surface area contributed by atoms with Gasteiger partial charge in [-0.3, -0.25) is 9.13 Å². The first-order valence-electron chi connectivity index (χ1n) is 17.2. The van der Waals surface area contributed by atoms with E-state index in [1.165, 1.54) is 16.2 Å². The van der Waals surface area contributed by atoms with Gasteiger partial charge in [0.15, 0.2) is 12.0 Å². The zero-order valence-corrected chi connectivity index (χ0v) is 27.9. The van der Waals surface area contributed by atoms with Crippen molar-refractivity contribution in [2.75, 3.05) is 7.05 Å². The molecule has 51 heavy (non-hydrogen) atoms. The Morgan fingerprint density at radius 1 is 0.529 bits per heavy atom. The van der Waals surface area contributed by atoms with E-state index >= 15 is 0 Å². The number of nitrogens with zero attached hydrogens (tertiary/aromatic N) is 6. The maximum Gasteiger partial charge on any atom is 0.214 e. The summed E-state index contributed by atoms with van der Waals surface area (Å²) in [5, 5.41) is 4.66. The second-order valence-corrected chi connectivity index (χ2v) is 13.0. The number of aliphatic imine (C=N–C) groups is 2. The Morgan fingerprint density at radius 2 is 1.22 bits per heavy atom. The minimum absolute atomic E-state index is 0.251. The molecule has 0 saturated heterocycles. The Bertz CT molecular complexity index is 2810. The Kier molecular flexibility index (Phi) is 6.67. The zero-order chi connectivity index (χ0) is 33.9. The first kappa shape index (κ1) is 29.2. The number of amidine groups is 1. The van der Waals surface area contributed by atoms with E-state index in [1.54, 1.807) is 0 Å². The molecule has 0 amide bonds. The van der Waals surface area contributed by atoms with Crippen LogP contribution in [0.5, 0.6) is 0 Å². The second kappa shape index (κ2) is 11.7.